The summed E-state index contributed by atoms with van der Waals surface area (Å²) < 4.78 is 1.13. The number of anilines is 1. The minimum absolute atomic E-state index is 0.280. The van der Waals surface area contributed by atoms with Crippen LogP contribution >= 0.6 is 15.9 Å². The maximum Gasteiger partial charge on any atom is 0.0725 e. The van der Waals surface area contributed by atoms with Crippen molar-refractivity contribution in [3.63, 3.8) is 0 Å². The first-order valence-corrected chi connectivity index (χ1v) is 7.76. The Balaban J connectivity index is 1.83. The van der Waals surface area contributed by atoms with Crippen molar-refractivity contribution < 1.29 is 0 Å². The van der Waals surface area contributed by atoms with Gasteiger partial charge in [0.1, 0.15) is 0 Å². The van der Waals surface area contributed by atoms with Gasteiger partial charge in [0, 0.05) is 16.6 Å². The molecule has 1 N–H and O–H groups in total. The minimum atomic E-state index is 0.280. The third-order valence-corrected chi connectivity index (χ3v) is 5.01. The van der Waals surface area contributed by atoms with Gasteiger partial charge in [-0.3, -0.25) is 4.98 Å². The van der Waals surface area contributed by atoms with Crippen molar-refractivity contribution in [1.82, 2.24) is 4.98 Å². The maximum absolute atomic E-state index is 4.56. The summed E-state index contributed by atoms with van der Waals surface area (Å²) >= 11 is 3.67. The van der Waals surface area contributed by atoms with E-state index in [1.807, 2.05) is 12.3 Å². The van der Waals surface area contributed by atoms with E-state index in [-0.39, 0.29) is 6.04 Å². The molecule has 0 unspecified atom stereocenters. The summed E-state index contributed by atoms with van der Waals surface area (Å²) in [4.78, 5) is 4.56. The SMILES string of the molecule is Brc1cccc2c1N[C@H](c1ccccn1)[C@@H]1CC=C[C@@H]21. The molecule has 3 heteroatoms. The van der Waals surface area contributed by atoms with Gasteiger partial charge >= 0.3 is 0 Å². The number of rotatable bonds is 1. The average Bonchev–Trinajstić information content (AvgIpc) is 2.97. The van der Waals surface area contributed by atoms with Crippen LogP contribution in [0.3, 0.4) is 0 Å². The molecule has 1 aliphatic heterocycles. The minimum Gasteiger partial charge on any atom is -0.375 e. The number of allylic oxidation sites excluding steroid dienone is 2. The van der Waals surface area contributed by atoms with Gasteiger partial charge in [0.15, 0.2) is 0 Å². The third-order valence-electron chi connectivity index (χ3n) is 4.35. The van der Waals surface area contributed by atoms with Gasteiger partial charge in [0.05, 0.1) is 17.4 Å². The molecule has 0 saturated heterocycles. The number of para-hydroxylation sites is 1. The molecule has 0 saturated carbocycles. The Kier molecular flexibility index (Phi) is 2.88. The molecule has 0 spiro atoms. The van der Waals surface area contributed by atoms with Crippen molar-refractivity contribution in [3.8, 4) is 0 Å². The highest BCUT2D eigenvalue weighted by molar-refractivity contribution is 9.10. The zero-order chi connectivity index (χ0) is 13.5. The molecule has 2 heterocycles. The van der Waals surface area contributed by atoms with Gasteiger partial charge in [-0.25, -0.2) is 0 Å². The molecule has 2 aliphatic rings. The van der Waals surface area contributed by atoms with Crippen LogP contribution in [0, 0.1) is 5.92 Å². The van der Waals surface area contributed by atoms with E-state index in [0.717, 1.165) is 16.6 Å². The average molecular weight is 327 g/mol. The second kappa shape index (κ2) is 4.74. The summed E-state index contributed by atoms with van der Waals surface area (Å²) in [6, 6.07) is 12.9. The first-order chi connectivity index (χ1) is 9.84. The molecule has 0 amide bonds. The van der Waals surface area contributed by atoms with Crippen LogP contribution in [0.15, 0.2) is 59.2 Å². The fourth-order valence-electron chi connectivity index (χ4n) is 3.44. The topological polar surface area (TPSA) is 24.9 Å². The summed E-state index contributed by atoms with van der Waals surface area (Å²) in [7, 11) is 0. The Labute approximate surface area is 127 Å². The Morgan fingerprint density at radius 2 is 2.10 bits per heavy atom. The van der Waals surface area contributed by atoms with Crippen molar-refractivity contribution in [3.05, 3.63) is 70.5 Å². The van der Waals surface area contributed by atoms with E-state index in [0.29, 0.717) is 11.8 Å². The molecule has 4 rings (SSSR count). The monoisotopic (exact) mass is 326 g/mol. The Bertz CT molecular complexity index is 666. The van der Waals surface area contributed by atoms with Crippen LogP contribution in [0.5, 0.6) is 0 Å². The van der Waals surface area contributed by atoms with Crippen LogP contribution in [0.4, 0.5) is 5.69 Å². The number of fused-ring (bicyclic) bond motifs is 3. The van der Waals surface area contributed by atoms with Crippen molar-refractivity contribution in [1.29, 1.82) is 0 Å². The van der Waals surface area contributed by atoms with Crippen LogP contribution < -0.4 is 5.32 Å². The molecule has 2 aromatic rings. The summed E-state index contributed by atoms with van der Waals surface area (Å²) in [6.07, 6.45) is 7.66. The van der Waals surface area contributed by atoms with Gasteiger partial charge in [-0.2, -0.15) is 0 Å². The van der Waals surface area contributed by atoms with Crippen LogP contribution in [0.2, 0.25) is 0 Å². The molecule has 3 atom stereocenters. The van der Waals surface area contributed by atoms with Crippen molar-refractivity contribution >= 4 is 21.6 Å². The molecular weight excluding hydrogens is 312 g/mol. The standard InChI is InChI=1S/C17H15BrN2/c18-14-8-4-7-12-11-5-3-6-13(11)17(20-16(12)14)15-9-1-2-10-19-15/h1-5,7-11,13,17,20H,6H2/t11-,13+,17-/m0/s1. The van der Waals surface area contributed by atoms with Gasteiger partial charge in [-0.15, -0.1) is 0 Å². The van der Waals surface area contributed by atoms with E-state index in [1.165, 1.54) is 11.3 Å². The largest absolute Gasteiger partial charge is 0.375 e. The van der Waals surface area contributed by atoms with Gasteiger partial charge in [-0.1, -0.05) is 30.4 Å². The Hall–Kier alpha value is -1.61. The molecular formula is C17H15BrN2. The first kappa shape index (κ1) is 12.2. The quantitative estimate of drug-likeness (QED) is 0.770. The molecule has 0 radical (unpaired) electrons. The van der Waals surface area contributed by atoms with Crippen molar-refractivity contribution in [2.24, 2.45) is 5.92 Å². The maximum atomic E-state index is 4.56. The fourth-order valence-corrected chi connectivity index (χ4v) is 3.93. The zero-order valence-electron chi connectivity index (χ0n) is 11.0. The van der Waals surface area contributed by atoms with Gasteiger partial charge in [0.2, 0.25) is 0 Å². The number of nitrogens with one attached hydrogen (secondary N) is 1. The van der Waals surface area contributed by atoms with Crippen molar-refractivity contribution in [2.75, 3.05) is 5.32 Å². The lowest BCUT2D eigenvalue weighted by molar-refractivity contribution is 0.418. The van der Waals surface area contributed by atoms with E-state index >= 15 is 0 Å². The van der Waals surface area contributed by atoms with Gasteiger partial charge < -0.3 is 5.32 Å². The summed E-state index contributed by atoms with van der Waals surface area (Å²) in [6.45, 7) is 0. The third kappa shape index (κ3) is 1.80. The zero-order valence-corrected chi connectivity index (χ0v) is 12.5. The molecule has 1 aromatic carbocycles. The fraction of sp³-hybridized carbons (Fsp3) is 0.235. The predicted molar refractivity (Wildman–Crippen MR) is 84.7 cm³/mol. The molecule has 2 nitrogen and oxygen atoms in total. The predicted octanol–water partition coefficient (Wildman–Crippen LogP) is 4.67. The highest BCUT2D eigenvalue weighted by Crippen LogP contribution is 2.50. The Morgan fingerprint density at radius 1 is 1.15 bits per heavy atom. The molecule has 100 valence electrons. The number of nitrogens with zero attached hydrogens (tertiary/aromatic N) is 1. The lowest BCUT2D eigenvalue weighted by Gasteiger charge is -2.37. The number of pyridine rings is 1. The number of halogens is 1. The molecule has 0 fully saturated rings. The van der Waals surface area contributed by atoms with E-state index in [1.54, 1.807) is 0 Å². The van der Waals surface area contributed by atoms with Crippen LogP contribution in [-0.4, -0.2) is 4.98 Å². The molecule has 1 aromatic heterocycles. The first-order valence-electron chi connectivity index (χ1n) is 6.97. The lowest BCUT2D eigenvalue weighted by atomic mass is 9.78. The second-order valence-corrected chi connectivity index (χ2v) is 6.29. The van der Waals surface area contributed by atoms with Crippen LogP contribution in [-0.2, 0) is 0 Å². The van der Waals surface area contributed by atoms with Crippen LogP contribution in [0.25, 0.3) is 0 Å². The molecule has 20 heavy (non-hydrogen) atoms. The highest BCUT2D eigenvalue weighted by Gasteiger charge is 2.38. The molecule has 1 aliphatic carbocycles. The Morgan fingerprint density at radius 3 is 2.95 bits per heavy atom. The van der Waals surface area contributed by atoms with Gasteiger partial charge in [0.25, 0.3) is 0 Å². The highest BCUT2D eigenvalue weighted by atomic mass is 79.9. The normalized spacial score (nSPS) is 26.8. The number of benzene rings is 1. The molecule has 0 bridgehead atoms. The number of aromatic nitrogens is 1. The van der Waals surface area contributed by atoms with Crippen LogP contribution in [0.1, 0.15) is 29.6 Å². The van der Waals surface area contributed by atoms with E-state index in [2.05, 4.69) is 68.7 Å². The van der Waals surface area contributed by atoms with E-state index in [9.17, 15) is 0 Å². The smallest absolute Gasteiger partial charge is 0.0725 e. The summed E-state index contributed by atoms with van der Waals surface area (Å²) in [5, 5.41) is 3.70. The van der Waals surface area contributed by atoms with Crippen molar-refractivity contribution in [2.45, 2.75) is 18.4 Å². The van der Waals surface area contributed by atoms with E-state index < -0.39 is 0 Å². The number of hydrogen-bond acceptors (Lipinski definition) is 2. The lowest BCUT2D eigenvalue weighted by Crippen LogP contribution is -2.29. The number of hydrogen-bond donors (Lipinski definition) is 1. The summed E-state index contributed by atoms with van der Waals surface area (Å²) in [5.74, 6) is 1.06. The summed E-state index contributed by atoms with van der Waals surface area (Å²) in [5.41, 5.74) is 3.74. The second-order valence-electron chi connectivity index (χ2n) is 5.43. The van der Waals surface area contributed by atoms with E-state index in [4.69, 9.17) is 0 Å². The van der Waals surface area contributed by atoms with Gasteiger partial charge in [-0.05, 0) is 52.0 Å².